The average Bonchev–Trinajstić information content (AvgIpc) is 3.22. The smallest absolute Gasteiger partial charge is 0.268 e. The maximum absolute atomic E-state index is 9.87. The summed E-state index contributed by atoms with van der Waals surface area (Å²) in [4.78, 5) is 7.29. The molecule has 0 radical (unpaired) electrons. The maximum atomic E-state index is 9.87. The zero-order chi connectivity index (χ0) is 22.8. The number of aliphatic hydroxyl groups is 1. The van der Waals surface area contributed by atoms with Gasteiger partial charge in [-0.3, -0.25) is 0 Å². The quantitative estimate of drug-likeness (QED) is 0.537. The van der Waals surface area contributed by atoms with Crippen molar-refractivity contribution in [1.29, 1.82) is 0 Å². The Morgan fingerprint density at radius 2 is 1.94 bits per heavy atom. The lowest BCUT2D eigenvalue weighted by molar-refractivity contribution is 0.0322. The first-order chi connectivity index (χ1) is 15.2. The van der Waals surface area contributed by atoms with E-state index in [1.165, 1.54) is 16.0 Å². The third-order valence-electron chi connectivity index (χ3n) is 7.14. The highest BCUT2D eigenvalue weighted by atomic mass is 32.1. The van der Waals surface area contributed by atoms with E-state index in [2.05, 4.69) is 25.9 Å². The fourth-order valence-corrected chi connectivity index (χ4v) is 6.62. The van der Waals surface area contributed by atoms with Gasteiger partial charge in [0.15, 0.2) is 0 Å². The largest absolute Gasteiger partial charge is 0.490 e. The monoisotopic (exact) mass is 454 g/mol. The maximum Gasteiger partial charge on any atom is 0.268 e. The van der Waals surface area contributed by atoms with Crippen molar-refractivity contribution in [2.45, 2.75) is 53.1 Å². The highest BCUT2D eigenvalue weighted by molar-refractivity contribution is 7.15. The molecule has 0 spiro atoms. The lowest BCUT2D eigenvalue weighted by atomic mass is 9.95. The van der Waals surface area contributed by atoms with Gasteiger partial charge >= 0.3 is 0 Å². The lowest BCUT2D eigenvalue weighted by Crippen LogP contribution is -2.23. The summed E-state index contributed by atoms with van der Waals surface area (Å²) in [7, 11) is 1.56. The van der Waals surface area contributed by atoms with Crippen molar-refractivity contribution in [2.75, 3.05) is 20.3 Å². The molecule has 2 heterocycles. The summed E-state index contributed by atoms with van der Waals surface area (Å²) in [6.45, 7) is 11.4. The van der Waals surface area contributed by atoms with Crippen molar-refractivity contribution < 1.29 is 19.1 Å². The molecule has 5 rings (SSSR count). The van der Waals surface area contributed by atoms with Crippen LogP contribution in [-0.4, -0.2) is 41.7 Å². The molecule has 32 heavy (non-hydrogen) atoms. The van der Waals surface area contributed by atoms with Crippen LogP contribution in [0, 0.1) is 32.1 Å². The van der Waals surface area contributed by atoms with Crippen LogP contribution in [0.3, 0.4) is 0 Å². The summed E-state index contributed by atoms with van der Waals surface area (Å²) >= 11 is 1.78. The molecule has 0 bridgehead atoms. The molecule has 2 aliphatic carbocycles. The fourth-order valence-electron chi connectivity index (χ4n) is 5.46. The number of hydrogen-bond acceptors (Lipinski definition) is 7. The molecule has 0 saturated heterocycles. The number of aryl methyl sites for hydroxylation is 3. The number of rotatable bonds is 7. The number of nitrogens with zero attached hydrogens (tertiary/aromatic N) is 2. The minimum absolute atomic E-state index is 0.183. The van der Waals surface area contributed by atoms with Crippen molar-refractivity contribution in [3.05, 3.63) is 39.3 Å². The average molecular weight is 455 g/mol. The van der Waals surface area contributed by atoms with Crippen LogP contribution in [0.4, 0.5) is 0 Å². The number of methoxy groups -OCH3 is 1. The Labute approximate surface area is 192 Å². The first kappa shape index (κ1) is 21.6. The third-order valence-corrected chi connectivity index (χ3v) is 8.29. The van der Waals surface area contributed by atoms with Gasteiger partial charge in [-0.2, -0.15) is 4.98 Å². The van der Waals surface area contributed by atoms with E-state index in [1.807, 2.05) is 26.0 Å². The molecule has 6 nitrogen and oxygen atoms in total. The van der Waals surface area contributed by atoms with Crippen molar-refractivity contribution in [3.63, 3.8) is 0 Å². The normalized spacial score (nSPS) is 21.3. The molecule has 0 aliphatic heterocycles. The van der Waals surface area contributed by atoms with Crippen LogP contribution in [0.5, 0.6) is 5.75 Å². The van der Waals surface area contributed by atoms with Crippen LogP contribution >= 0.6 is 11.3 Å². The molecule has 1 unspecified atom stereocenters. The second-order valence-corrected chi connectivity index (χ2v) is 11.0. The number of ether oxygens (including phenoxy) is 2. The van der Waals surface area contributed by atoms with Gasteiger partial charge in [-0.05, 0) is 78.8 Å². The van der Waals surface area contributed by atoms with E-state index in [0.717, 1.165) is 39.7 Å². The molecule has 0 amide bonds. The molecule has 1 aromatic carbocycles. The van der Waals surface area contributed by atoms with Crippen LogP contribution in [0.1, 0.15) is 46.9 Å². The summed E-state index contributed by atoms with van der Waals surface area (Å²) in [5.74, 6) is 3.40. The van der Waals surface area contributed by atoms with E-state index in [4.69, 9.17) is 19.0 Å². The first-order valence-electron chi connectivity index (χ1n) is 11.1. The minimum atomic E-state index is -0.661. The Bertz CT molecular complexity index is 1160. The zero-order valence-electron chi connectivity index (χ0n) is 19.5. The van der Waals surface area contributed by atoms with Crippen LogP contribution in [0.25, 0.3) is 22.2 Å². The van der Waals surface area contributed by atoms with Gasteiger partial charge in [-0.15, -0.1) is 11.3 Å². The Morgan fingerprint density at radius 1 is 1.22 bits per heavy atom. The SMILES string of the molecule is COCC(O)COc1c(C)cc(-c2noc(-c3sc(C)c4c3C[C@@H]3[C@H]4C3(C)C)n2)cc1C. The fraction of sp³-hybridized carbons (Fsp3) is 0.520. The molecule has 2 aliphatic rings. The van der Waals surface area contributed by atoms with Crippen LogP contribution in [-0.2, 0) is 11.2 Å². The predicted octanol–water partition coefficient (Wildman–Crippen LogP) is 5.07. The van der Waals surface area contributed by atoms with E-state index in [0.29, 0.717) is 23.0 Å². The van der Waals surface area contributed by atoms with Gasteiger partial charge < -0.3 is 19.1 Å². The predicted molar refractivity (Wildman–Crippen MR) is 124 cm³/mol. The Hall–Kier alpha value is -2.22. The van der Waals surface area contributed by atoms with Gasteiger partial charge in [0.25, 0.3) is 5.89 Å². The lowest BCUT2D eigenvalue weighted by Gasteiger charge is -2.16. The van der Waals surface area contributed by atoms with Crippen molar-refractivity contribution in [1.82, 2.24) is 10.1 Å². The Morgan fingerprint density at radius 3 is 2.62 bits per heavy atom. The second kappa shape index (κ2) is 7.68. The first-order valence-corrected chi connectivity index (χ1v) is 11.9. The summed E-state index contributed by atoms with van der Waals surface area (Å²) in [6.07, 6.45) is 0.453. The van der Waals surface area contributed by atoms with E-state index in [1.54, 1.807) is 18.4 Å². The molecular weight excluding hydrogens is 424 g/mol. The molecule has 3 atom stereocenters. The number of hydrogen-bond donors (Lipinski definition) is 1. The summed E-state index contributed by atoms with van der Waals surface area (Å²) in [5, 5.41) is 14.2. The van der Waals surface area contributed by atoms with Gasteiger partial charge in [-0.1, -0.05) is 19.0 Å². The number of thiophene rings is 1. The Balaban J connectivity index is 1.39. The Kier molecular flexibility index (Phi) is 5.19. The van der Waals surface area contributed by atoms with Crippen molar-refractivity contribution in [3.8, 4) is 27.9 Å². The molecule has 1 N–H and O–H groups in total. The molecular formula is C25H30N2O4S. The van der Waals surface area contributed by atoms with Crippen LogP contribution in [0.2, 0.25) is 0 Å². The third kappa shape index (κ3) is 3.38. The highest BCUT2D eigenvalue weighted by Crippen LogP contribution is 2.72. The molecule has 1 fully saturated rings. The van der Waals surface area contributed by atoms with Crippen molar-refractivity contribution >= 4 is 11.3 Å². The summed E-state index contributed by atoms with van der Waals surface area (Å²) in [5.41, 5.74) is 6.20. The van der Waals surface area contributed by atoms with Gasteiger partial charge in [0, 0.05) is 17.6 Å². The van der Waals surface area contributed by atoms with Crippen LogP contribution < -0.4 is 4.74 Å². The molecule has 1 saturated carbocycles. The van der Waals surface area contributed by atoms with Gasteiger partial charge in [0.1, 0.15) is 18.5 Å². The number of benzene rings is 1. The van der Waals surface area contributed by atoms with E-state index < -0.39 is 6.10 Å². The number of aromatic nitrogens is 2. The second-order valence-electron chi connectivity index (χ2n) is 9.77. The highest BCUT2D eigenvalue weighted by Gasteiger charge is 2.63. The van der Waals surface area contributed by atoms with Gasteiger partial charge in [-0.25, -0.2) is 0 Å². The van der Waals surface area contributed by atoms with E-state index in [9.17, 15) is 5.11 Å². The molecule has 3 aromatic rings. The summed E-state index contributed by atoms with van der Waals surface area (Å²) < 4.78 is 16.5. The van der Waals surface area contributed by atoms with Gasteiger partial charge in [0.2, 0.25) is 5.82 Å². The topological polar surface area (TPSA) is 77.6 Å². The molecule has 2 aromatic heterocycles. The van der Waals surface area contributed by atoms with Crippen LogP contribution in [0.15, 0.2) is 16.7 Å². The van der Waals surface area contributed by atoms with E-state index >= 15 is 0 Å². The molecule has 7 heteroatoms. The minimum Gasteiger partial charge on any atom is -0.490 e. The molecule has 170 valence electrons. The van der Waals surface area contributed by atoms with Gasteiger partial charge in [0.05, 0.1) is 11.5 Å². The zero-order valence-corrected chi connectivity index (χ0v) is 20.3. The van der Waals surface area contributed by atoms with Crippen molar-refractivity contribution in [2.24, 2.45) is 11.3 Å². The number of fused-ring (bicyclic) bond motifs is 3. The van der Waals surface area contributed by atoms with E-state index in [-0.39, 0.29) is 13.2 Å². The number of aliphatic hydroxyl groups excluding tert-OH is 1. The summed E-state index contributed by atoms with van der Waals surface area (Å²) in [6, 6.07) is 4.00. The standard InChI is InChI=1S/C25H30N2O4S/c1-12-7-15(8-13(2)21(12)30-11-16(28)10-29-6)23-26-24(31-27-23)22-17-9-18-20(25(18,4)5)19(17)14(3)32-22/h7-8,16,18,20,28H,9-11H2,1-6H3/t16?,18-,20-/m1/s1.